The molecule has 2 atom stereocenters. The number of thiazole rings is 2. The van der Waals surface area contributed by atoms with Gasteiger partial charge >= 0.3 is 12.1 Å². The summed E-state index contributed by atoms with van der Waals surface area (Å²) in [6, 6.07) is 23.8. The van der Waals surface area contributed by atoms with Gasteiger partial charge in [0.05, 0.1) is 32.5 Å². The lowest BCUT2D eigenvalue weighted by Gasteiger charge is -2.35. The number of aromatic carboxylic acids is 1. The van der Waals surface area contributed by atoms with Crippen LogP contribution in [0.2, 0.25) is 0 Å². The number of carboxylic acid groups (broad SMARTS) is 1. The van der Waals surface area contributed by atoms with Gasteiger partial charge in [0.1, 0.15) is 21.3 Å². The molecule has 6 heterocycles. The highest BCUT2D eigenvalue weighted by atomic mass is 32.1. The summed E-state index contributed by atoms with van der Waals surface area (Å²) in [7, 11) is 0. The van der Waals surface area contributed by atoms with Crippen LogP contribution in [-0.4, -0.2) is 77.9 Å². The summed E-state index contributed by atoms with van der Waals surface area (Å²) in [5.74, 6) is -0.219. The Labute approximate surface area is 378 Å². The maximum Gasteiger partial charge on any atom is 0.407 e. The summed E-state index contributed by atoms with van der Waals surface area (Å²) in [6.07, 6.45) is 4.17. The van der Waals surface area contributed by atoms with E-state index >= 15 is 0 Å². The fourth-order valence-corrected chi connectivity index (χ4v) is 10.3. The molecule has 62 heavy (non-hydrogen) atoms. The third kappa shape index (κ3) is 13.3. The van der Waals surface area contributed by atoms with Crippen LogP contribution in [0.25, 0.3) is 19.8 Å². The summed E-state index contributed by atoms with van der Waals surface area (Å²) in [5, 5.41) is 23.5. The van der Waals surface area contributed by atoms with Crippen molar-refractivity contribution in [1.29, 1.82) is 0 Å². The Morgan fingerprint density at radius 2 is 1.34 bits per heavy atom. The third-order valence-electron chi connectivity index (χ3n) is 10.00. The number of carbonyl (C=O) groups is 3. The third-order valence-corrected chi connectivity index (χ3v) is 13.8. The van der Waals surface area contributed by atoms with Gasteiger partial charge in [-0.15, -0.1) is 45.3 Å². The number of ether oxygens (including phenoxy) is 1. The molecule has 0 aliphatic carbocycles. The van der Waals surface area contributed by atoms with Crippen molar-refractivity contribution in [3.05, 3.63) is 106 Å². The van der Waals surface area contributed by atoms with Crippen molar-refractivity contribution >= 4 is 86.1 Å². The zero-order valence-electron chi connectivity index (χ0n) is 35.1. The summed E-state index contributed by atoms with van der Waals surface area (Å²) < 4.78 is 5.28. The first-order chi connectivity index (χ1) is 29.9. The molecule has 2 amide bonds. The first kappa shape index (κ1) is 46.2. The largest absolute Gasteiger partial charge is 0.476 e. The lowest BCUT2D eigenvalue weighted by atomic mass is 9.97. The van der Waals surface area contributed by atoms with Gasteiger partial charge in [-0.2, -0.15) is 0 Å². The first-order valence-corrected chi connectivity index (χ1v) is 24.0. The van der Waals surface area contributed by atoms with Crippen molar-refractivity contribution in [1.82, 2.24) is 15.3 Å². The van der Waals surface area contributed by atoms with Crippen molar-refractivity contribution < 1.29 is 24.2 Å². The second-order valence-corrected chi connectivity index (χ2v) is 19.5. The number of anilines is 4. The molecule has 2 saturated heterocycles. The Hall–Kier alpha value is -5.33. The van der Waals surface area contributed by atoms with Crippen LogP contribution in [0.1, 0.15) is 67.4 Å². The van der Waals surface area contributed by atoms with Gasteiger partial charge in [-0.05, 0) is 112 Å². The van der Waals surface area contributed by atoms with Crippen LogP contribution in [0.5, 0.6) is 0 Å². The van der Waals surface area contributed by atoms with Crippen molar-refractivity contribution in [2.24, 2.45) is 17.6 Å². The first-order valence-electron chi connectivity index (χ1n) is 20.5. The maximum atomic E-state index is 12.8. The van der Waals surface area contributed by atoms with Gasteiger partial charge in [0.25, 0.3) is 5.91 Å². The molecule has 17 heteroatoms. The standard InChI is InChI=1S/C20H22N4OS2.C17H27N3O2.C8H5NO2S2/c21-11-14-5-3-9-24(12-14)17-7-2-1-6-15(17)22-19(25)16-13-27-20(23-16)18-8-4-10-26-18;1-17(2,3)22-16(21)19-11-13-7-6-10-20(12-13)15-9-5-4-8-14(15)18;10-8(11)5-4-13-7(9-5)6-2-1-3-12-6/h1-2,4,6-8,10,13-14H,3,5,9,11-12,21H2,(H,22,25);4-5,8-9,13H,6-7,10-12,18H2,1-3H3,(H,19,21);1-4H,(H,10,11). The topological polar surface area (TPSA) is 189 Å². The molecule has 7 N–H and O–H groups in total. The zero-order valence-corrected chi connectivity index (χ0v) is 38.4. The predicted molar refractivity (Wildman–Crippen MR) is 256 cm³/mol. The Bertz CT molecular complexity index is 2340. The minimum absolute atomic E-state index is 0.119. The van der Waals surface area contributed by atoms with E-state index in [1.807, 2.05) is 97.6 Å². The molecule has 2 unspecified atom stereocenters. The number of alkyl carbamates (subject to hydrolysis) is 1. The quantitative estimate of drug-likeness (QED) is 0.0823. The van der Waals surface area contributed by atoms with E-state index in [9.17, 15) is 14.4 Å². The van der Waals surface area contributed by atoms with Crippen LogP contribution in [-0.2, 0) is 4.74 Å². The Balaban J connectivity index is 0.000000164. The highest BCUT2D eigenvalue weighted by Crippen LogP contribution is 2.32. The number of rotatable bonds is 10. The number of nitrogens with zero attached hydrogens (tertiary/aromatic N) is 4. The molecule has 0 spiro atoms. The Kier molecular flexibility index (Phi) is 16.5. The van der Waals surface area contributed by atoms with Crippen LogP contribution in [0.15, 0.2) is 94.3 Å². The molecule has 6 aromatic rings. The predicted octanol–water partition coefficient (Wildman–Crippen LogP) is 9.88. The van der Waals surface area contributed by atoms with E-state index in [1.165, 1.54) is 29.1 Å². The van der Waals surface area contributed by atoms with Crippen LogP contribution in [0.3, 0.4) is 0 Å². The Morgan fingerprint density at radius 3 is 1.92 bits per heavy atom. The fraction of sp³-hybridized carbons (Fsp3) is 0.356. The van der Waals surface area contributed by atoms with E-state index in [1.54, 1.807) is 28.1 Å². The number of benzene rings is 2. The summed E-state index contributed by atoms with van der Waals surface area (Å²) >= 11 is 6.03. The maximum absolute atomic E-state index is 12.8. The molecular weight excluding hydrogens is 861 g/mol. The number of hydrogen-bond donors (Lipinski definition) is 5. The number of carboxylic acids is 1. The molecule has 2 fully saturated rings. The van der Waals surface area contributed by atoms with Crippen LogP contribution >= 0.6 is 45.3 Å². The molecule has 4 aromatic heterocycles. The van der Waals surface area contributed by atoms with Gasteiger partial charge in [-0.25, -0.2) is 19.6 Å². The average Bonchev–Trinajstić information content (AvgIpc) is 4.12. The Morgan fingerprint density at radius 1 is 0.774 bits per heavy atom. The number of thiophene rings is 2. The highest BCUT2D eigenvalue weighted by Gasteiger charge is 2.24. The molecule has 2 aliphatic rings. The summed E-state index contributed by atoms with van der Waals surface area (Å²) in [5.41, 5.74) is 15.8. The SMILES string of the molecule is CC(C)(C)OC(=O)NCC1CCCN(c2ccccc2N)C1.NCC1CCCN(c2ccccc2NC(=O)c2csc(-c3cccs3)n2)C1.O=C(O)c1csc(-c2cccs2)n1. The second kappa shape index (κ2) is 22.2. The number of carbonyl (C=O) groups excluding carboxylic acids is 2. The number of piperidine rings is 2. The lowest BCUT2D eigenvalue weighted by Crippen LogP contribution is -2.42. The molecule has 0 radical (unpaired) electrons. The average molecular weight is 915 g/mol. The molecule has 2 aliphatic heterocycles. The van der Waals surface area contributed by atoms with E-state index in [4.69, 9.17) is 21.3 Å². The highest BCUT2D eigenvalue weighted by molar-refractivity contribution is 7.20. The monoisotopic (exact) mass is 914 g/mol. The molecule has 2 aromatic carbocycles. The number of hydrogen-bond acceptors (Lipinski definition) is 14. The minimum Gasteiger partial charge on any atom is -0.476 e. The van der Waals surface area contributed by atoms with E-state index in [-0.39, 0.29) is 17.7 Å². The van der Waals surface area contributed by atoms with Gasteiger partial charge in [0, 0.05) is 43.5 Å². The van der Waals surface area contributed by atoms with Gasteiger partial charge in [0.2, 0.25) is 0 Å². The van der Waals surface area contributed by atoms with Crippen molar-refractivity contribution in [3.63, 3.8) is 0 Å². The second-order valence-electron chi connectivity index (χ2n) is 15.9. The number of nitrogens with one attached hydrogen (secondary N) is 2. The van der Waals surface area contributed by atoms with Crippen molar-refractivity contribution in [2.75, 3.05) is 60.1 Å². The van der Waals surface area contributed by atoms with E-state index in [0.717, 1.165) is 88.0 Å². The summed E-state index contributed by atoms with van der Waals surface area (Å²) in [6.45, 7) is 10.8. The van der Waals surface area contributed by atoms with Crippen molar-refractivity contribution in [2.45, 2.75) is 52.1 Å². The normalized spacial score (nSPS) is 16.3. The van der Waals surface area contributed by atoms with E-state index < -0.39 is 11.6 Å². The number of nitrogens with two attached hydrogens (primary N) is 2. The molecule has 0 saturated carbocycles. The zero-order chi connectivity index (χ0) is 44.1. The number of aromatic nitrogens is 2. The lowest BCUT2D eigenvalue weighted by molar-refractivity contribution is 0.0517. The van der Waals surface area contributed by atoms with Gasteiger partial charge in [0.15, 0.2) is 5.69 Å². The number of para-hydroxylation sites is 4. The minimum atomic E-state index is -0.973. The number of nitrogen functional groups attached to an aromatic ring is 1. The van der Waals surface area contributed by atoms with Gasteiger partial charge < -0.3 is 41.7 Å². The molecule has 8 rings (SSSR count). The molecule has 0 bridgehead atoms. The van der Waals surface area contributed by atoms with Crippen LogP contribution < -0.4 is 31.9 Å². The molecular formula is C45H54N8O5S4. The van der Waals surface area contributed by atoms with Gasteiger partial charge in [-0.3, -0.25) is 4.79 Å². The van der Waals surface area contributed by atoms with Crippen molar-refractivity contribution in [3.8, 4) is 19.8 Å². The molecule has 13 nitrogen and oxygen atoms in total. The van der Waals surface area contributed by atoms with Crippen LogP contribution in [0, 0.1) is 11.8 Å². The summed E-state index contributed by atoms with van der Waals surface area (Å²) in [4.78, 5) is 50.2. The van der Waals surface area contributed by atoms with E-state index in [2.05, 4.69) is 42.5 Å². The van der Waals surface area contributed by atoms with Gasteiger partial charge in [-0.1, -0.05) is 36.4 Å². The van der Waals surface area contributed by atoms with Crippen LogP contribution in [0.4, 0.5) is 27.5 Å². The fourth-order valence-electron chi connectivity index (χ4n) is 7.06. The van der Waals surface area contributed by atoms with E-state index in [0.29, 0.717) is 30.6 Å². The number of amides is 2. The smallest absolute Gasteiger partial charge is 0.407 e. The molecule has 328 valence electrons.